The number of carboxylic acids is 1. The van der Waals surface area contributed by atoms with Gasteiger partial charge in [-0.1, -0.05) is 54.3 Å². The Bertz CT molecular complexity index is 620. The zero-order valence-electron chi connectivity index (χ0n) is 10.4. The fourth-order valence-corrected chi connectivity index (χ4v) is 2.93. The molecule has 20 heavy (non-hydrogen) atoms. The summed E-state index contributed by atoms with van der Waals surface area (Å²) in [7, 11) is 0. The van der Waals surface area contributed by atoms with Crippen LogP contribution in [0, 0.1) is 0 Å². The Morgan fingerprint density at radius 2 is 2.05 bits per heavy atom. The number of thioether (sulfide) groups is 1. The Labute approximate surface area is 125 Å². The fourth-order valence-electron chi connectivity index (χ4n) is 1.65. The van der Waals surface area contributed by atoms with Crippen LogP contribution in [-0.4, -0.2) is 27.6 Å². The summed E-state index contributed by atoms with van der Waals surface area (Å²) < 4.78 is 0.493. The van der Waals surface area contributed by atoms with E-state index < -0.39 is 5.97 Å². The third kappa shape index (κ3) is 2.97. The number of rotatable bonds is 4. The number of hydrogen-bond donors (Lipinski definition) is 0. The minimum absolute atomic E-state index is 0.0985. The van der Waals surface area contributed by atoms with E-state index in [1.54, 1.807) is 24.3 Å². The van der Waals surface area contributed by atoms with Crippen LogP contribution < -0.4 is 5.11 Å². The molecule has 1 saturated heterocycles. The quantitative estimate of drug-likeness (QED) is 0.478. The molecule has 0 aliphatic carbocycles. The lowest BCUT2D eigenvalue weighted by Crippen LogP contribution is -2.27. The molecular formula is C14H10NO3S2-. The first-order valence-corrected chi connectivity index (χ1v) is 6.93. The van der Waals surface area contributed by atoms with Crippen LogP contribution in [0.1, 0.15) is 15.9 Å². The van der Waals surface area contributed by atoms with Crippen LogP contribution in [0.3, 0.4) is 0 Å². The zero-order chi connectivity index (χ0) is 14.7. The number of hydrogen-bond acceptors (Lipinski definition) is 5. The topological polar surface area (TPSA) is 60.4 Å². The summed E-state index contributed by atoms with van der Waals surface area (Å²) in [6.45, 7) is 3.97. The Kier molecular flexibility index (Phi) is 4.36. The number of nitrogens with zero attached hydrogens (tertiary/aromatic N) is 1. The molecule has 0 saturated carbocycles. The van der Waals surface area contributed by atoms with Crippen LogP contribution in [0.15, 0.2) is 41.8 Å². The van der Waals surface area contributed by atoms with Gasteiger partial charge in [-0.05, 0) is 17.2 Å². The lowest BCUT2D eigenvalue weighted by Gasteiger charge is -2.10. The van der Waals surface area contributed by atoms with Crippen LogP contribution in [0.4, 0.5) is 0 Å². The molecule has 4 nitrogen and oxygen atoms in total. The molecular weight excluding hydrogens is 294 g/mol. The molecule has 1 aromatic rings. The molecule has 0 unspecified atom stereocenters. The molecule has 2 rings (SSSR count). The van der Waals surface area contributed by atoms with Crippen molar-refractivity contribution in [3.63, 3.8) is 0 Å². The predicted octanol–water partition coefficient (Wildman–Crippen LogP) is 1.44. The highest BCUT2D eigenvalue weighted by atomic mass is 32.2. The van der Waals surface area contributed by atoms with E-state index in [0.717, 1.165) is 5.56 Å². The molecule has 102 valence electrons. The van der Waals surface area contributed by atoms with Gasteiger partial charge in [0, 0.05) is 6.54 Å². The Morgan fingerprint density at radius 1 is 1.40 bits per heavy atom. The number of carboxylic acid groups (broad SMARTS) is 1. The Hall–Kier alpha value is -1.92. The monoisotopic (exact) mass is 304 g/mol. The minimum atomic E-state index is -1.23. The van der Waals surface area contributed by atoms with Crippen LogP contribution in [0.5, 0.6) is 0 Å². The van der Waals surface area contributed by atoms with Crippen molar-refractivity contribution in [3.8, 4) is 0 Å². The van der Waals surface area contributed by atoms with E-state index in [-0.39, 0.29) is 11.5 Å². The smallest absolute Gasteiger partial charge is 0.266 e. The van der Waals surface area contributed by atoms with Crippen LogP contribution in [0.25, 0.3) is 6.08 Å². The second-order valence-electron chi connectivity index (χ2n) is 3.99. The lowest BCUT2D eigenvalue weighted by atomic mass is 10.1. The van der Waals surface area contributed by atoms with Gasteiger partial charge in [0.15, 0.2) is 0 Å². The molecule has 6 heteroatoms. The van der Waals surface area contributed by atoms with Crippen molar-refractivity contribution in [2.24, 2.45) is 0 Å². The summed E-state index contributed by atoms with van der Waals surface area (Å²) in [6, 6.07) is 6.10. The summed E-state index contributed by atoms with van der Waals surface area (Å²) in [5.74, 6) is -1.39. The number of amides is 1. The van der Waals surface area contributed by atoms with Crippen LogP contribution >= 0.6 is 24.0 Å². The molecule has 1 fully saturated rings. The largest absolute Gasteiger partial charge is 0.545 e. The van der Waals surface area contributed by atoms with Crippen LogP contribution in [-0.2, 0) is 4.79 Å². The van der Waals surface area contributed by atoms with E-state index in [1.165, 1.54) is 28.8 Å². The first kappa shape index (κ1) is 14.5. The van der Waals surface area contributed by atoms with Gasteiger partial charge in [-0.25, -0.2) is 0 Å². The first-order valence-electron chi connectivity index (χ1n) is 5.70. The number of carbonyl (C=O) groups excluding carboxylic acids is 2. The molecule has 0 atom stereocenters. The van der Waals surface area contributed by atoms with E-state index in [4.69, 9.17) is 12.2 Å². The van der Waals surface area contributed by atoms with Crippen molar-refractivity contribution in [3.05, 3.63) is 53.0 Å². The van der Waals surface area contributed by atoms with Gasteiger partial charge in [-0.3, -0.25) is 9.69 Å². The normalized spacial score (nSPS) is 16.8. The standard InChI is InChI=1S/C14H11NO3S2/c1-2-7-15-12(16)11(20-14(15)19)8-9-3-5-10(6-4-9)13(17)18/h2-6,8H,1,7H2,(H,17,18)/p-1/b11-8+. The van der Waals surface area contributed by atoms with Gasteiger partial charge in [0.05, 0.1) is 10.9 Å². The molecule has 0 aromatic heterocycles. The van der Waals surface area contributed by atoms with E-state index in [1.807, 2.05) is 0 Å². The van der Waals surface area contributed by atoms with Crippen molar-refractivity contribution >= 4 is 46.3 Å². The Balaban J connectivity index is 2.23. The van der Waals surface area contributed by atoms with Gasteiger partial charge in [0.2, 0.25) is 0 Å². The van der Waals surface area contributed by atoms with Gasteiger partial charge >= 0.3 is 0 Å². The van der Waals surface area contributed by atoms with Crippen molar-refractivity contribution in [1.29, 1.82) is 0 Å². The maximum absolute atomic E-state index is 12.1. The van der Waals surface area contributed by atoms with E-state index in [9.17, 15) is 14.7 Å². The van der Waals surface area contributed by atoms with Gasteiger partial charge in [0.1, 0.15) is 4.32 Å². The maximum atomic E-state index is 12.1. The second kappa shape index (κ2) is 6.02. The van der Waals surface area contributed by atoms with Gasteiger partial charge in [0.25, 0.3) is 5.91 Å². The van der Waals surface area contributed by atoms with E-state index in [0.29, 0.717) is 15.8 Å². The summed E-state index contributed by atoms with van der Waals surface area (Å²) in [4.78, 5) is 24.7. The minimum Gasteiger partial charge on any atom is -0.545 e. The summed E-state index contributed by atoms with van der Waals surface area (Å²) in [5.41, 5.74) is 0.829. The van der Waals surface area contributed by atoms with Gasteiger partial charge in [-0.15, -0.1) is 6.58 Å². The van der Waals surface area contributed by atoms with E-state index in [2.05, 4.69) is 6.58 Å². The molecule has 1 aromatic carbocycles. The van der Waals surface area contributed by atoms with Gasteiger partial charge < -0.3 is 9.90 Å². The molecule has 1 aliphatic rings. The molecule has 0 N–H and O–H groups in total. The lowest BCUT2D eigenvalue weighted by molar-refractivity contribution is -0.255. The average molecular weight is 304 g/mol. The van der Waals surface area contributed by atoms with Crippen molar-refractivity contribution in [2.45, 2.75) is 0 Å². The summed E-state index contributed by atoms with van der Waals surface area (Å²) in [5, 5.41) is 10.6. The number of aromatic carboxylic acids is 1. The highest BCUT2D eigenvalue weighted by Gasteiger charge is 2.30. The average Bonchev–Trinajstić information content (AvgIpc) is 2.67. The Morgan fingerprint density at radius 3 is 2.60 bits per heavy atom. The van der Waals surface area contributed by atoms with E-state index >= 15 is 0 Å². The van der Waals surface area contributed by atoms with Crippen molar-refractivity contribution in [1.82, 2.24) is 4.90 Å². The molecule has 1 amide bonds. The molecule has 0 spiro atoms. The van der Waals surface area contributed by atoms with Crippen LogP contribution in [0.2, 0.25) is 0 Å². The SMILES string of the molecule is C=CCN1C(=O)/C(=C\c2ccc(C(=O)[O-])cc2)SC1=S. The number of carbonyl (C=O) groups is 2. The van der Waals surface area contributed by atoms with Crippen molar-refractivity contribution in [2.75, 3.05) is 6.54 Å². The highest BCUT2D eigenvalue weighted by molar-refractivity contribution is 8.26. The summed E-state index contributed by atoms with van der Waals surface area (Å²) >= 11 is 6.34. The third-order valence-electron chi connectivity index (χ3n) is 2.63. The number of thiocarbonyl (C=S) groups is 1. The fraction of sp³-hybridized carbons (Fsp3) is 0.0714. The summed E-state index contributed by atoms with van der Waals surface area (Å²) in [6.07, 6.45) is 3.30. The third-order valence-corrected chi connectivity index (χ3v) is 4.01. The van der Waals surface area contributed by atoms with Crippen molar-refractivity contribution < 1.29 is 14.7 Å². The number of benzene rings is 1. The highest BCUT2D eigenvalue weighted by Crippen LogP contribution is 2.32. The zero-order valence-corrected chi connectivity index (χ0v) is 12.0. The predicted molar refractivity (Wildman–Crippen MR) is 80.8 cm³/mol. The second-order valence-corrected chi connectivity index (χ2v) is 5.67. The molecule has 1 aliphatic heterocycles. The molecule has 0 bridgehead atoms. The van der Waals surface area contributed by atoms with Gasteiger partial charge in [-0.2, -0.15) is 0 Å². The molecule has 0 radical (unpaired) electrons. The maximum Gasteiger partial charge on any atom is 0.266 e. The molecule has 1 heterocycles. The first-order chi connectivity index (χ1) is 9.52.